The maximum atomic E-state index is 12.4. The van der Waals surface area contributed by atoms with E-state index in [-0.39, 0.29) is 18.6 Å². The number of primary amides is 1. The lowest BCUT2D eigenvalue weighted by atomic mass is 10.1. The van der Waals surface area contributed by atoms with Crippen LogP contribution < -0.4 is 10.5 Å². The van der Waals surface area contributed by atoms with Crippen LogP contribution in [0.4, 0.5) is 0 Å². The summed E-state index contributed by atoms with van der Waals surface area (Å²) < 4.78 is 10.8. The van der Waals surface area contributed by atoms with Crippen molar-refractivity contribution in [2.45, 2.75) is 18.6 Å². The van der Waals surface area contributed by atoms with E-state index in [1.165, 1.54) is 4.90 Å². The molecule has 2 N–H and O–H groups in total. The molecule has 1 fully saturated rings. The number of likely N-dealkylation sites (tertiary alicyclic amines) is 1. The van der Waals surface area contributed by atoms with Crippen LogP contribution in [-0.4, -0.2) is 49.1 Å². The molecule has 1 heterocycles. The van der Waals surface area contributed by atoms with Crippen LogP contribution >= 0.6 is 0 Å². The summed E-state index contributed by atoms with van der Waals surface area (Å²) in [6.07, 6.45) is 0.250. The van der Waals surface area contributed by atoms with Gasteiger partial charge >= 0.3 is 0 Å². The van der Waals surface area contributed by atoms with Crippen LogP contribution in [0.2, 0.25) is 0 Å². The van der Waals surface area contributed by atoms with Crippen molar-refractivity contribution < 1.29 is 19.1 Å². The molecule has 1 aliphatic heterocycles. The van der Waals surface area contributed by atoms with E-state index in [4.69, 9.17) is 15.2 Å². The number of ether oxygens (including phenoxy) is 2. The van der Waals surface area contributed by atoms with Crippen molar-refractivity contribution in [1.29, 1.82) is 0 Å². The van der Waals surface area contributed by atoms with E-state index in [0.717, 1.165) is 10.8 Å². The minimum atomic E-state index is -0.636. The molecule has 3 rings (SSSR count). The normalized spacial score (nSPS) is 20.3. The summed E-state index contributed by atoms with van der Waals surface area (Å²) in [6, 6.07) is 12.9. The van der Waals surface area contributed by atoms with E-state index in [2.05, 4.69) is 0 Å². The summed E-state index contributed by atoms with van der Waals surface area (Å²) in [6.45, 7) is 0.211. The second-order valence-corrected chi connectivity index (χ2v) is 5.86. The fourth-order valence-corrected chi connectivity index (χ4v) is 3.00. The van der Waals surface area contributed by atoms with E-state index in [1.54, 1.807) is 7.11 Å². The maximum absolute atomic E-state index is 12.4. The van der Waals surface area contributed by atoms with Crippen molar-refractivity contribution in [3.8, 4) is 5.75 Å². The molecule has 0 aromatic heterocycles. The predicted octanol–water partition coefficient (Wildman–Crippen LogP) is 1.32. The largest absolute Gasteiger partial charge is 0.484 e. The van der Waals surface area contributed by atoms with E-state index in [9.17, 15) is 9.59 Å². The van der Waals surface area contributed by atoms with Crippen LogP contribution in [0.15, 0.2) is 42.5 Å². The SMILES string of the molecule is CO[C@H]1C[C@@H](C(N)=O)N(C(=O)COc2ccc3ccccc3c2)C1. The molecule has 6 nitrogen and oxygen atoms in total. The smallest absolute Gasteiger partial charge is 0.261 e. The van der Waals surface area contributed by atoms with Crippen LogP contribution in [0.3, 0.4) is 0 Å². The Kier molecular flexibility index (Phi) is 4.66. The molecule has 0 saturated carbocycles. The molecule has 0 unspecified atom stereocenters. The zero-order valence-corrected chi connectivity index (χ0v) is 13.5. The van der Waals surface area contributed by atoms with Crippen LogP contribution in [0, 0.1) is 0 Å². The number of hydrogen-bond donors (Lipinski definition) is 1. The average molecular weight is 328 g/mol. The van der Waals surface area contributed by atoms with Crippen LogP contribution in [0.25, 0.3) is 10.8 Å². The van der Waals surface area contributed by atoms with Crippen molar-refractivity contribution in [3.63, 3.8) is 0 Å². The lowest BCUT2D eigenvalue weighted by Crippen LogP contribution is -2.45. The molecule has 2 atom stereocenters. The van der Waals surface area contributed by atoms with Gasteiger partial charge in [0.15, 0.2) is 6.61 Å². The number of hydrogen-bond acceptors (Lipinski definition) is 4. The highest BCUT2D eigenvalue weighted by Gasteiger charge is 2.38. The van der Waals surface area contributed by atoms with Crippen LogP contribution in [-0.2, 0) is 14.3 Å². The summed E-state index contributed by atoms with van der Waals surface area (Å²) in [5.41, 5.74) is 5.38. The highest BCUT2D eigenvalue weighted by molar-refractivity contribution is 5.88. The first-order chi connectivity index (χ1) is 11.6. The lowest BCUT2D eigenvalue weighted by molar-refractivity contribution is -0.139. The minimum Gasteiger partial charge on any atom is -0.484 e. The predicted molar refractivity (Wildman–Crippen MR) is 89.6 cm³/mol. The van der Waals surface area contributed by atoms with Crippen LogP contribution in [0.5, 0.6) is 5.75 Å². The Hall–Kier alpha value is -2.60. The molecule has 0 spiro atoms. The zero-order chi connectivity index (χ0) is 17.1. The molecular formula is C18H20N2O4. The molecule has 2 amide bonds. The number of fused-ring (bicyclic) bond motifs is 1. The number of carbonyl (C=O) groups excluding carboxylic acids is 2. The van der Waals surface area contributed by atoms with Gasteiger partial charge in [0.05, 0.1) is 6.10 Å². The Morgan fingerprint density at radius 3 is 2.67 bits per heavy atom. The van der Waals surface area contributed by atoms with Gasteiger partial charge in [0.2, 0.25) is 5.91 Å². The van der Waals surface area contributed by atoms with Crippen molar-refractivity contribution in [2.24, 2.45) is 5.73 Å². The third kappa shape index (κ3) is 3.33. The fraction of sp³-hybridized carbons (Fsp3) is 0.333. The summed E-state index contributed by atoms with van der Waals surface area (Å²) in [5.74, 6) is -0.180. The second kappa shape index (κ2) is 6.88. The first-order valence-electron chi connectivity index (χ1n) is 7.81. The third-order valence-corrected chi connectivity index (χ3v) is 4.33. The molecule has 0 radical (unpaired) electrons. The molecular weight excluding hydrogens is 308 g/mol. The molecule has 1 saturated heterocycles. The molecule has 0 aliphatic carbocycles. The number of nitrogens with zero attached hydrogens (tertiary/aromatic N) is 1. The Balaban J connectivity index is 1.66. The van der Waals surface area contributed by atoms with E-state index in [0.29, 0.717) is 18.7 Å². The summed E-state index contributed by atoms with van der Waals surface area (Å²) in [4.78, 5) is 25.4. The van der Waals surface area contributed by atoms with E-state index >= 15 is 0 Å². The molecule has 0 bridgehead atoms. The molecule has 6 heteroatoms. The van der Waals surface area contributed by atoms with Gasteiger partial charge in [-0.2, -0.15) is 0 Å². The average Bonchev–Trinajstić information content (AvgIpc) is 3.04. The number of rotatable bonds is 5. The van der Waals surface area contributed by atoms with Gasteiger partial charge in [-0.05, 0) is 22.9 Å². The fourth-order valence-electron chi connectivity index (χ4n) is 3.00. The van der Waals surface area contributed by atoms with E-state index < -0.39 is 11.9 Å². The third-order valence-electron chi connectivity index (χ3n) is 4.33. The number of benzene rings is 2. The van der Waals surface area contributed by atoms with Gasteiger partial charge in [-0.3, -0.25) is 9.59 Å². The van der Waals surface area contributed by atoms with Crippen molar-refractivity contribution in [2.75, 3.05) is 20.3 Å². The molecule has 2 aromatic carbocycles. The second-order valence-electron chi connectivity index (χ2n) is 5.86. The van der Waals surface area contributed by atoms with Gasteiger partial charge < -0.3 is 20.1 Å². The first kappa shape index (κ1) is 16.3. The molecule has 1 aliphatic rings. The van der Waals surface area contributed by atoms with Crippen molar-refractivity contribution >= 4 is 22.6 Å². The van der Waals surface area contributed by atoms with Gasteiger partial charge in [0, 0.05) is 20.1 Å². The van der Waals surface area contributed by atoms with Crippen molar-refractivity contribution in [3.05, 3.63) is 42.5 Å². The van der Waals surface area contributed by atoms with Gasteiger partial charge in [-0.15, -0.1) is 0 Å². The monoisotopic (exact) mass is 328 g/mol. The highest BCUT2D eigenvalue weighted by atomic mass is 16.5. The quantitative estimate of drug-likeness (QED) is 0.897. The number of amides is 2. The van der Waals surface area contributed by atoms with Gasteiger partial charge in [0.1, 0.15) is 11.8 Å². The Morgan fingerprint density at radius 2 is 1.96 bits per heavy atom. The first-order valence-corrected chi connectivity index (χ1v) is 7.81. The number of carbonyl (C=O) groups is 2. The van der Waals surface area contributed by atoms with Gasteiger partial charge in [-0.1, -0.05) is 30.3 Å². The Labute approximate surface area is 140 Å². The minimum absolute atomic E-state index is 0.140. The zero-order valence-electron chi connectivity index (χ0n) is 13.5. The highest BCUT2D eigenvalue weighted by Crippen LogP contribution is 2.22. The number of nitrogens with two attached hydrogens (primary N) is 1. The topological polar surface area (TPSA) is 81.9 Å². The number of methoxy groups -OCH3 is 1. The standard InChI is InChI=1S/C18H20N2O4/c1-23-15-9-16(18(19)22)20(10-15)17(21)11-24-14-7-6-12-4-2-3-5-13(12)8-14/h2-8,15-16H,9-11H2,1H3,(H2,19,22)/t15-,16-/m0/s1. The van der Waals surface area contributed by atoms with Gasteiger partial charge in [0.25, 0.3) is 5.91 Å². The summed E-state index contributed by atoms with van der Waals surface area (Å²) in [5, 5.41) is 2.14. The maximum Gasteiger partial charge on any atom is 0.261 e. The van der Waals surface area contributed by atoms with E-state index in [1.807, 2.05) is 42.5 Å². The molecule has 24 heavy (non-hydrogen) atoms. The van der Waals surface area contributed by atoms with Gasteiger partial charge in [-0.25, -0.2) is 0 Å². The lowest BCUT2D eigenvalue weighted by Gasteiger charge is -2.22. The Bertz CT molecular complexity index is 762. The Morgan fingerprint density at radius 1 is 1.21 bits per heavy atom. The molecule has 2 aromatic rings. The summed E-state index contributed by atoms with van der Waals surface area (Å²) in [7, 11) is 1.56. The molecule has 126 valence electrons. The summed E-state index contributed by atoms with van der Waals surface area (Å²) >= 11 is 0. The van der Waals surface area contributed by atoms with Crippen molar-refractivity contribution in [1.82, 2.24) is 4.90 Å². The van der Waals surface area contributed by atoms with Crippen LogP contribution in [0.1, 0.15) is 6.42 Å².